The van der Waals surface area contributed by atoms with Crippen LogP contribution in [0.2, 0.25) is 0 Å². The van der Waals surface area contributed by atoms with E-state index in [0.717, 1.165) is 30.3 Å². The van der Waals surface area contributed by atoms with Crippen molar-refractivity contribution in [3.8, 4) is 11.1 Å². The lowest BCUT2D eigenvalue weighted by Crippen LogP contribution is -2.32. The molecule has 1 aliphatic carbocycles. The number of hydrogen-bond donors (Lipinski definition) is 1. The molecule has 1 saturated carbocycles. The number of carboxylic acids is 1. The molecule has 0 saturated heterocycles. The number of carbonyl (C=O) groups is 2. The monoisotopic (exact) mass is 501 g/mol. The molecule has 0 radical (unpaired) electrons. The van der Waals surface area contributed by atoms with E-state index in [1.807, 2.05) is 0 Å². The van der Waals surface area contributed by atoms with Gasteiger partial charge in [-0.2, -0.15) is 26.3 Å². The third-order valence-electron chi connectivity index (χ3n) is 6.24. The number of hydrogen-bond acceptors (Lipinski definition) is 2. The molecule has 10 heteroatoms. The predicted molar refractivity (Wildman–Crippen MR) is 116 cm³/mol. The Balaban J connectivity index is 2.22. The minimum absolute atomic E-state index is 0.0223. The van der Waals surface area contributed by atoms with Crippen LogP contribution in [0.25, 0.3) is 11.1 Å². The molecular weight excluding hydrogens is 476 g/mol. The van der Waals surface area contributed by atoms with Crippen molar-refractivity contribution in [2.75, 3.05) is 6.54 Å². The molecule has 1 fully saturated rings. The Morgan fingerprint density at radius 2 is 1.49 bits per heavy atom. The molecule has 0 aromatic heterocycles. The van der Waals surface area contributed by atoms with E-state index < -0.39 is 34.9 Å². The van der Waals surface area contributed by atoms with Crippen molar-refractivity contribution in [3.63, 3.8) is 0 Å². The van der Waals surface area contributed by atoms with E-state index in [9.17, 15) is 41.0 Å². The first kappa shape index (κ1) is 26.6. The Morgan fingerprint density at radius 3 is 1.97 bits per heavy atom. The average molecular weight is 501 g/mol. The zero-order valence-electron chi connectivity index (χ0n) is 19.3. The number of carbonyl (C=O) groups excluding carboxylic acids is 1. The first-order chi connectivity index (χ1) is 16.1. The zero-order chi connectivity index (χ0) is 26.3. The Morgan fingerprint density at radius 1 is 0.914 bits per heavy atom. The van der Waals surface area contributed by atoms with Crippen molar-refractivity contribution >= 4 is 11.9 Å². The molecule has 4 nitrogen and oxygen atoms in total. The third-order valence-corrected chi connectivity index (χ3v) is 6.24. The topological polar surface area (TPSA) is 57.6 Å². The van der Waals surface area contributed by atoms with Gasteiger partial charge in [0.05, 0.1) is 16.5 Å². The molecule has 0 atom stereocenters. The SMILES string of the molecule is CCN(Cc1cc(C(F)(F)F)ccc1-c1cc(C(F)(F)F)cc(C(C)(C)C(=O)O)c1)C(=O)C1CC1. The van der Waals surface area contributed by atoms with Crippen LogP contribution in [-0.4, -0.2) is 28.4 Å². The minimum Gasteiger partial charge on any atom is -0.481 e. The third kappa shape index (κ3) is 5.79. The van der Waals surface area contributed by atoms with Crippen LogP contribution >= 0.6 is 0 Å². The molecule has 1 aliphatic rings. The Kier molecular flexibility index (Phi) is 6.98. The summed E-state index contributed by atoms with van der Waals surface area (Å²) in [6.45, 7) is 4.15. The highest BCUT2D eigenvalue weighted by Crippen LogP contribution is 2.40. The molecule has 190 valence electrons. The second kappa shape index (κ2) is 9.20. The van der Waals surface area contributed by atoms with Crippen molar-refractivity contribution in [1.29, 1.82) is 0 Å². The van der Waals surface area contributed by atoms with Gasteiger partial charge < -0.3 is 10.0 Å². The highest BCUT2D eigenvalue weighted by Gasteiger charge is 2.37. The highest BCUT2D eigenvalue weighted by molar-refractivity contribution is 5.83. The molecule has 2 aromatic rings. The fourth-order valence-corrected chi connectivity index (χ4v) is 3.75. The predicted octanol–water partition coefficient (Wildman–Crippen LogP) is 6.51. The summed E-state index contributed by atoms with van der Waals surface area (Å²) in [7, 11) is 0. The molecule has 1 amide bonds. The fourth-order valence-electron chi connectivity index (χ4n) is 3.75. The molecule has 0 aliphatic heterocycles. The van der Waals surface area contributed by atoms with Gasteiger partial charge in [-0.3, -0.25) is 9.59 Å². The molecule has 35 heavy (non-hydrogen) atoms. The number of aliphatic carboxylic acids is 1. The van der Waals surface area contributed by atoms with Crippen molar-refractivity contribution < 1.29 is 41.0 Å². The summed E-state index contributed by atoms with van der Waals surface area (Å²) < 4.78 is 81.4. The van der Waals surface area contributed by atoms with E-state index in [1.165, 1.54) is 24.8 Å². The van der Waals surface area contributed by atoms with Crippen molar-refractivity contribution in [3.05, 3.63) is 58.7 Å². The average Bonchev–Trinajstić information content (AvgIpc) is 3.60. The second-order valence-electron chi connectivity index (χ2n) is 9.22. The number of alkyl halides is 6. The fraction of sp³-hybridized carbons (Fsp3) is 0.440. The molecule has 1 N–H and O–H groups in total. The standard InChI is InChI=1S/C25H25F6NO3/c1-4-32(21(33)14-5-6-14)13-16-11-17(24(26,27)28)7-8-20(16)15-9-18(23(2,3)22(34)35)12-19(10-15)25(29,30)31/h7-12,14H,4-6,13H2,1-3H3,(H,34,35). The van der Waals surface area contributed by atoms with Gasteiger partial charge >= 0.3 is 18.3 Å². The van der Waals surface area contributed by atoms with Crippen LogP contribution in [0.3, 0.4) is 0 Å². The lowest BCUT2D eigenvalue weighted by molar-refractivity contribution is -0.143. The van der Waals surface area contributed by atoms with Gasteiger partial charge in [0.1, 0.15) is 0 Å². The number of halogens is 6. The Hall–Kier alpha value is -3.04. The Labute approximate surface area is 198 Å². The second-order valence-corrected chi connectivity index (χ2v) is 9.22. The molecule has 0 heterocycles. The van der Waals surface area contributed by atoms with Crippen LogP contribution in [0, 0.1) is 5.92 Å². The van der Waals surface area contributed by atoms with Crippen LogP contribution < -0.4 is 0 Å². The summed E-state index contributed by atoms with van der Waals surface area (Å²) in [6.07, 6.45) is -8.14. The smallest absolute Gasteiger partial charge is 0.416 e. The van der Waals surface area contributed by atoms with E-state index in [1.54, 1.807) is 6.92 Å². The number of carboxylic acid groups (broad SMARTS) is 1. The van der Waals surface area contributed by atoms with Crippen molar-refractivity contribution in [2.45, 2.75) is 57.9 Å². The van der Waals surface area contributed by atoms with Crippen molar-refractivity contribution in [2.24, 2.45) is 5.92 Å². The van der Waals surface area contributed by atoms with Gasteiger partial charge in [0, 0.05) is 19.0 Å². The first-order valence-electron chi connectivity index (χ1n) is 11.0. The lowest BCUT2D eigenvalue weighted by atomic mass is 9.81. The van der Waals surface area contributed by atoms with E-state index in [4.69, 9.17) is 0 Å². The number of benzene rings is 2. The van der Waals surface area contributed by atoms with Gasteiger partial charge in [-0.15, -0.1) is 0 Å². The van der Waals surface area contributed by atoms with Gasteiger partial charge in [0.2, 0.25) is 5.91 Å². The summed E-state index contributed by atoms with van der Waals surface area (Å²) in [5, 5.41) is 9.55. The van der Waals surface area contributed by atoms with Gasteiger partial charge in [-0.25, -0.2) is 0 Å². The summed E-state index contributed by atoms with van der Waals surface area (Å²) in [4.78, 5) is 25.7. The van der Waals surface area contributed by atoms with Gasteiger partial charge in [0.25, 0.3) is 0 Å². The normalized spacial score (nSPS) is 14.7. The minimum atomic E-state index is -4.82. The highest BCUT2D eigenvalue weighted by atomic mass is 19.4. The van der Waals surface area contributed by atoms with E-state index >= 15 is 0 Å². The van der Waals surface area contributed by atoms with E-state index in [-0.39, 0.29) is 47.2 Å². The Bertz CT molecular complexity index is 1130. The van der Waals surface area contributed by atoms with E-state index in [2.05, 4.69) is 0 Å². The lowest BCUT2D eigenvalue weighted by Gasteiger charge is -2.25. The first-order valence-corrected chi connectivity index (χ1v) is 11.0. The molecule has 0 unspecified atom stereocenters. The summed E-state index contributed by atoms with van der Waals surface area (Å²) in [5.74, 6) is -1.77. The summed E-state index contributed by atoms with van der Waals surface area (Å²) >= 11 is 0. The molecule has 2 aromatic carbocycles. The summed E-state index contributed by atoms with van der Waals surface area (Å²) in [5.41, 5.74) is -3.96. The van der Waals surface area contributed by atoms with E-state index in [0.29, 0.717) is 12.8 Å². The van der Waals surface area contributed by atoms with Crippen LogP contribution in [-0.2, 0) is 33.9 Å². The molecular formula is C25H25F6NO3. The van der Waals surface area contributed by atoms with Gasteiger partial charge in [0.15, 0.2) is 0 Å². The van der Waals surface area contributed by atoms with Gasteiger partial charge in [-0.1, -0.05) is 6.07 Å². The van der Waals surface area contributed by atoms with Crippen LogP contribution in [0.4, 0.5) is 26.3 Å². The molecule has 3 rings (SSSR count). The maximum Gasteiger partial charge on any atom is 0.416 e. The number of rotatable bonds is 7. The van der Waals surface area contributed by atoms with Crippen LogP contribution in [0.1, 0.15) is 55.9 Å². The maximum absolute atomic E-state index is 13.7. The van der Waals surface area contributed by atoms with Crippen LogP contribution in [0.15, 0.2) is 36.4 Å². The summed E-state index contributed by atoms with van der Waals surface area (Å²) in [6, 6.07) is 5.43. The molecule has 0 bridgehead atoms. The molecule has 0 spiro atoms. The number of amides is 1. The number of nitrogens with zero attached hydrogens (tertiary/aromatic N) is 1. The van der Waals surface area contributed by atoms with Crippen molar-refractivity contribution in [1.82, 2.24) is 4.90 Å². The maximum atomic E-state index is 13.7. The van der Waals surface area contributed by atoms with Crippen LogP contribution in [0.5, 0.6) is 0 Å². The largest absolute Gasteiger partial charge is 0.481 e. The quantitative estimate of drug-likeness (QED) is 0.440. The van der Waals surface area contributed by atoms with Gasteiger partial charge in [-0.05, 0) is 86.2 Å². The zero-order valence-corrected chi connectivity index (χ0v) is 19.3.